The Bertz CT molecular complexity index is 542. The van der Waals surface area contributed by atoms with E-state index in [0.29, 0.717) is 12.2 Å². The topological polar surface area (TPSA) is 75.6 Å². The van der Waals surface area contributed by atoms with Crippen molar-refractivity contribution < 1.29 is 19.4 Å². The van der Waals surface area contributed by atoms with Gasteiger partial charge in [-0.05, 0) is 30.4 Å². The average molecular weight is 321 g/mol. The molecule has 2 N–H and O–H groups in total. The van der Waals surface area contributed by atoms with Crippen LogP contribution in [0.15, 0.2) is 24.3 Å². The number of hydrogen-bond acceptors (Lipinski definition) is 3. The fourth-order valence-electron chi connectivity index (χ4n) is 2.26. The first kappa shape index (κ1) is 19.0. The first-order chi connectivity index (χ1) is 10.8. The van der Waals surface area contributed by atoms with Gasteiger partial charge in [-0.1, -0.05) is 52.3 Å². The maximum atomic E-state index is 12.3. The number of aliphatic carboxylic acids is 1. The molecule has 0 saturated carbocycles. The predicted octanol–water partition coefficient (Wildman–Crippen LogP) is 3.19. The molecule has 23 heavy (non-hydrogen) atoms. The Hall–Kier alpha value is -2.04. The molecule has 1 aromatic carbocycles. The highest BCUT2D eigenvalue weighted by atomic mass is 16.5. The van der Waals surface area contributed by atoms with Crippen LogP contribution in [0.2, 0.25) is 0 Å². The molecule has 0 fully saturated rings. The Balaban J connectivity index is 2.80. The Morgan fingerprint density at radius 2 is 1.78 bits per heavy atom. The molecule has 128 valence electrons. The molecule has 0 aliphatic heterocycles. The molecule has 3 unspecified atom stereocenters. The quantitative estimate of drug-likeness (QED) is 0.771. The second-order valence-electron chi connectivity index (χ2n) is 6.16. The third-order valence-corrected chi connectivity index (χ3v) is 3.99. The van der Waals surface area contributed by atoms with E-state index < -0.39 is 24.0 Å². The average Bonchev–Trinajstić information content (AvgIpc) is 2.51. The monoisotopic (exact) mass is 321 g/mol. The van der Waals surface area contributed by atoms with Gasteiger partial charge >= 0.3 is 5.97 Å². The lowest BCUT2D eigenvalue weighted by Crippen LogP contribution is -2.49. The van der Waals surface area contributed by atoms with Gasteiger partial charge in [0, 0.05) is 0 Å². The number of carbonyl (C=O) groups is 2. The molecule has 5 heteroatoms. The first-order valence-electron chi connectivity index (χ1n) is 8.06. The van der Waals surface area contributed by atoms with Gasteiger partial charge in [-0.2, -0.15) is 0 Å². The minimum absolute atomic E-state index is 0.147. The fourth-order valence-corrected chi connectivity index (χ4v) is 2.26. The van der Waals surface area contributed by atoms with Crippen molar-refractivity contribution in [3.63, 3.8) is 0 Å². The summed E-state index contributed by atoms with van der Waals surface area (Å²) in [6.45, 7) is 9.43. The number of amides is 1. The van der Waals surface area contributed by atoms with Crippen molar-refractivity contribution in [2.75, 3.05) is 0 Å². The number of ether oxygens (including phenoxy) is 1. The third-order valence-electron chi connectivity index (χ3n) is 3.99. The summed E-state index contributed by atoms with van der Waals surface area (Å²) in [5, 5.41) is 11.8. The normalized spacial score (nSPS) is 14.9. The zero-order valence-corrected chi connectivity index (χ0v) is 14.5. The van der Waals surface area contributed by atoms with Crippen LogP contribution < -0.4 is 10.1 Å². The van der Waals surface area contributed by atoms with E-state index in [-0.39, 0.29) is 11.8 Å². The van der Waals surface area contributed by atoms with Gasteiger partial charge in [0.25, 0.3) is 5.91 Å². The Kier molecular flexibility index (Phi) is 7.07. The van der Waals surface area contributed by atoms with Gasteiger partial charge in [0.05, 0.1) is 0 Å². The number of rotatable bonds is 8. The van der Waals surface area contributed by atoms with Crippen molar-refractivity contribution in [3.8, 4) is 5.75 Å². The van der Waals surface area contributed by atoms with Crippen LogP contribution in [0.5, 0.6) is 5.75 Å². The third kappa shape index (κ3) is 5.27. The molecule has 3 atom stereocenters. The summed E-state index contributed by atoms with van der Waals surface area (Å²) in [6.07, 6.45) is -0.0938. The summed E-state index contributed by atoms with van der Waals surface area (Å²) >= 11 is 0. The number of hydrogen-bond donors (Lipinski definition) is 2. The molecule has 1 rings (SSSR count). The number of carboxylic acid groups (broad SMARTS) is 1. The standard InChI is InChI=1S/C18H27NO4/c1-6-12(4)16(18(21)22)19-17(20)13(5)23-15-10-8-7-9-14(15)11(2)3/h7-13,16H,6H2,1-5H3,(H,19,20)(H,21,22). The minimum Gasteiger partial charge on any atom is -0.481 e. The molecular weight excluding hydrogens is 294 g/mol. The van der Waals surface area contributed by atoms with E-state index in [1.54, 1.807) is 13.8 Å². The van der Waals surface area contributed by atoms with Crippen molar-refractivity contribution in [2.24, 2.45) is 5.92 Å². The van der Waals surface area contributed by atoms with E-state index in [4.69, 9.17) is 4.74 Å². The summed E-state index contributed by atoms with van der Waals surface area (Å²) in [4.78, 5) is 23.6. The number of carboxylic acids is 1. The second-order valence-corrected chi connectivity index (χ2v) is 6.16. The lowest BCUT2D eigenvalue weighted by molar-refractivity contribution is -0.144. The summed E-state index contributed by atoms with van der Waals surface area (Å²) in [6, 6.07) is 6.66. The molecule has 0 saturated heterocycles. The van der Waals surface area contributed by atoms with E-state index in [1.165, 1.54) is 0 Å². The van der Waals surface area contributed by atoms with E-state index in [1.807, 2.05) is 31.2 Å². The molecule has 1 amide bonds. The first-order valence-corrected chi connectivity index (χ1v) is 8.06. The van der Waals surface area contributed by atoms with Crippen molar-refractivity contribution in [1.29, 1.82) is 0 Å². The van der Waals surface area contributed by atoms with Crippen LogP contribution in [-0.2, 0) is 9.59 Å². The number of nitrogens with one attached hydrogen (secondary N) is 1. The van der Waals surface area contributed by atoms with E-state index in [9.17, 15) is 14.7 Å². The summed E-state index contributed by atoms with van der Waals surface area (Å²) in [5.41, 5.74) is 1.02. The van der Waals surface area contributed by atoms with Crippen molar-refractivity contribution in [1.82, 2.24) is 5.32 Å². The molecule has 1 aromatic rings. The highest BCUT2D eigenvalue weighted by molar-refractivity contribution is 5.86. The molecule has 0 spiro atoms. The summed E-state index contributed by atoms with van der Waals surface area (Å²) in [7, 11) is 0. The van der Waals surface area contributed by atoms with Crippen LogP contribution in [-0.4, -0.2) is 29.1 Å². The molecule has 0 aliphatic carbocycles. The lowest BCUT2D eigenvalue weighted by Gasteiger charge is -2.23. The fraction of sp³-hybridized carbons (Fsp3) is 0.556. The summed E-state index contributed by atoms with van der Waals surface area (Å²) in [5.74, 6) is -0.667. The highest BCUT2D eigenvalue weighted by Gasteiger charge is 2.28. The Morgan fingerprint density at radius 1 is 1.17 bits per heavy atom. The number of benzene rings is 1. The van der Waals surface area contributed by atoms with Gasteiger partial charge in [0.15, 0.2) is 6.10 Å². The number of carbonyl (C=O) groups excluding carboxylic acids is 1. The molecule has 0 aliphatic rings. The van der Waals surface area contributed by atoms with Gasteiger partial charge in [0.1, 0.15) is 11.8 Å². The molecule has 0 heterocycles. The molecule has 0 bridgehead atoms. The summed E-state index contributed by atoms with van der Waals surface area (Å²) < 4.78 is 5.76. The Labute approximate surface area is 138 Å². The van der Waals surface area contributed by atoms with Crippen LogP contribution >= 0.6 is 0 Å². The molecule has 0 radical (unpaired) electrons. The maximum Gasteiger partial charge on any atom is 0.326 e. The smallest absolute Gasteiger partial charge is 0.326 e. The van der Waals surface area contributed by atoms with Gasteiger partial charge in [-0.25, -0.2) is 4.79 Å². The predicted molar refractivity (Wildman–Crippen MR) is 89.6 cm³/mol. The van der Waals surface area contributed by atoms with E-state index in [0.717, 1.165) is 5.56 Å². The second kappa shape index (κ2) is 8.56. The minimum atomic E-state index is -1.03. The van der Waals surface area contributed by atoms with Crippen LogP contribution in [0.3, 0.4) is 0 Å². The van der Waals surface area contributed by atoms with Crippen LogP contribution in [0, 0.1) is 5.92 Å². The largest absolute Gasteiger partial charge is 0.481 e. The Morgan fingerprint density at radius 3 is 2.30 bits per heavy atom. The van der Waals surface area contributed by atoms with Crippen LogP contribution in [0.4, 0.5) is 0 Å². The van der Waals surface area contributed by atoms with Crippen LogP contribution in [0.1, 0.15) is 52.5 Å². The molecule has 0 aromatic heterocycles. The van der Waals surface area contributed by atoms with Crippen molar-refractivity contribution in [2.45, 2.75) is 59.1 Å². The highest BCUT2D eigenvalue weighted by Crippen LogP contribution is 2.26. The molecule has 5 nitrogen and oxygen atoms in total. The van der Waals surface area contributed by atoms with Gasteiger partial charge < -0.3 is 15.2 Å². The van der Waals surface area contributed by atoms with Crippen molar-refractivity contribution >= 4 is 11.9 Å². The zero-order valence-electron chi connectivity index (χ0n) is 14.5. The van der Waals surface area contributed by atoms with Gasteiger partial charge in [-0.15, -0.1) is 0 Å². The number of para-hydroxylation sites is 1. The SMILES string of the molecule is CCC(C)C(NC(=O)C(C)Oc1ccccc1C(C)C)C(=O)O. The lowest BCUT2D eigenvalue weighted by atomic mass is 9.99. The maximum absolute atomic E-state index is 12.3. The van der Waals surface area contributed by atoms with Crippen LogP contribution in [0.25, 0.3) is 0 Å². The van der Waals surface area contributed by atoms with Crippen molar-refractivity contribution in [3.05, 3.63) is 29.8 Å². The molecular formula is C18H27NO4. The van der Waals surface area contributed by atoms with E-state index >= 15 is 0 Å². The van der Waals surface area contributed by atoms with Gasteiger partial charge in [-0.3, -0.25) is 4.79 Å². The van der Waals surface area contributed by atoms with E-state index in [2.05, 4.69) is 19.2 Å². The van der Waals surface area contributed by atoms with Gasteiger partial charge in [0.2, 0.25) is 0 Å². The zero-order chi connectivity index (χ0) is 17.6.